The molecule has 0 bridgehead atoms. The van der Waals surface area contributed by atoms with Crippen LogP contribution in [0.2, 0.25) is 0 Å². The molecule has 5 atom stereocenters. The summed E-state index contributed by atoms with van der Waals surface area (Å²) in [5.41, 5.74) is 3.94. The van der Waals surface area contributed by atoms with Gasteiger partial charge < -0.3 is 24.1 Å². The van der Waals surface area contributed by atoms with Crippen LogP contribution in [-0.4, -0.2) is 76.0 Å². The molecule has 268 valence electrons. The number of fused-ring (bicyclic) bond motifs is 3. The van der Waals surface area contributed by atoms with Crippen LogP contribution in [0.25, 0.3) is 11.1 Å². The molecule has 1 aliphatic carbocycles. The summed E-state index contributed by atoms with van der Waals surface area (Å²) in [6.45, 7) is 8.99. The first-order valence-electron chi connectivity index (χ1n) is 16.4. The van der Waals surface area contributed by atoms with Crippen LogP contribution in [0, 0.1) is 17.3 Å². The molecule has 0 spiro atoms. The Balaban J connectivity index is 1.38. The van der Waals surface area contributed by atoms with Crippen molar-refractivity contribution in [2.45, 2.75) is 88.3 Å². The van der Waals surface area contributed by atoms with E-state index in [1.807, 2.05) is 64.1 Å². The molecular formula is C36H44Cl3NO9. The van der Waals surface area contributed by atoms with Gasteiger partial charge in [0.1, 0.15) is 31.5 Å². The molecule has 1 fully saturated rings. The zero-order valence-corrected chi connectivity index (χ0v) is 30.6. The zero-order chi connectivity index (χ0) is 36.1. The van der Waals surface area contributed by atoms with Gasteiger partial charge in [-0.1, -0.05) is 111 Å². The van der Waals surface area contributed by atoms with E-state index >= 15 is 0 Å². The van der Waals surface area contributed by atoms with E-state index in [2.05, 4.69) is 12.1 Å². The molecule has 1 aliphatic heterocycles. The van der Waals surface area contributed by atoms with Gasteiger partial charge in [0.15, 0.2) is 0 Å². The third-order valence-electron chi connectivity index (χ3n) is 9.12. The Labute approximate surface area is 302 Å². The van der Waals surface area contributed by atoms with Crippen LogP contribution < -0.4 is 0 Å². The molecular weight excluding hydrogens is 697 g/mol. The maximum absolute atomic E-state index is 13.6. The van der Waals surface area contributed by atoms with E-state index in [-0.39, 0.29) is 24.9 Å². The number of ether oxygens (including phenoxy) is 4. The van der Waals surface area contributed by atoms with Crippen molar-refractivity contribution < 1.29 is 43.2 Å². The highest BCUT2D eigenvalue weighted by atomic mass is 35.6. The maximum atomic E-state index is 13.6. The van der Waals surface area contributed by atoms with Gasteiger partial charge in [0.25, 0.3) is 0 Å². The lowest BCUT2D eigenvalue weighted by Crippen LogP contribution is -2.45. The van der Waals surface area contributed by atoms with Crippen molar-refractivity contribution in [3.63, 3.8) is 0 Å². The van der Waals surface area contributed by atoms with E-state index in [0.717, 1.165) is 22.3 Å². The molecule has 1 saturated heterocycles. The fourth-order valence-electron chi connectivity index (χ4n) is 6.37. The summed E-state index contributed by atoms with van der Waals surface area (Å²) < 4.78 is 20.2. The fraction of sp³-hybridized carbons (Fsp3) is 0.556. The van der Waals surface area contributed by atoms with E-state index in [1.165, 1.54) is 11.8 Å². The molecule has 0 aromatic heterocycles. The molecule has 2 aliphatic rings. The Morgan fingerprint density at radius 2 is 1.49 bits per heavy atom. The third kappa shape index (κ3) is 10.2. The van der Waals surface area contributed by atoms with Crippen molar-refractivity contribution in [1.29, 1.82) is 0 Å². The van der Waals surface area contributed by atoms with E-state index in [9.17, 15) is 24.3 Å². The average Bonchev–Trinajstić information content (AvgIpc) is 3.64. The van der Waals surface area contributed by atoms with Gasteiger partial charge in [0, 0.05) is 12.5 Å². The number of aliphatic carboxylic acids is 1. The number of carboxylic acid groups (broad SMARTS) is 1. The third-order valence-corrected chi connectivity index (χ3v) is 9.45. The Kier molecular flexibility index (Phi) is 12.8. The molecule has 49 heavy (non-hydrogen) atoms. The van der Waals surface area contributed by atoms with Crippen molar-refractivity contribution in [2.75, 3.05) is 19.8 Å². The van der Waals surface area contributed by atoms with Crippen LogP contribution >= 0.6 is 34.8 Å². The number of amides is 1. The van der Waals surface area contributed by atoms with Gasteiger partial charge in [0.05, 0.1) is 5.92 Å². The van der Waals surface area contributed by atoms with Crippen LogP contribution in [0.5, 0.6) is 0 Å². The first kappa shape index (κ1) is 38.6. The molecule has 0 radical (unpaired) electrons. The van der Waals surface area contributed by atoms with Crippen LogP contribution in [0.4, 0.5) is 9.59 Å². The predicted molar refractivity (Wildman–Crippen MR) is 186 cm³/mol. The normalized spacial score (nSPS) is 18.4. The number of esters is 1. The molecule has 2 aromatic carbocycles. The van der Waals surface area contributed by atoms with Crippen molar-refractivity contribution in [1.82, 2.24) is 4.90 Å². The number of halogens is 3. The maximum Gasteiger partial charge on any atom is 0.508 e. The largest absolute Gasteiger partial charge is 0.508 e. The van der Waals surface area contributed by atoms with E-state index < -0.39 is 64.2 Å². The Hall–Kier alpha value is -3.21. The van der Waals surface area contributed by atoms with Gasteiger partial charge in [-0.05, 0) is 66.2 Å². The second kappa shape index (κ2) is 16.2. The van der Waals surface area contributed by atoms with Gasteiger partial charge in [0.2, 0.25) is 3.79 Å². The minimum Gasteiger partial charge on any atom is -0.481 e. The molecule has 1 heterocycles. The highest BCUT2D eigenvalue weighted by Gasteiger charge is 2.41. The Morgan fingerprint density at radius 1 is 0.898 bits per heavy atom. The molecule has 4 rings (SSSR count). The molecule has 10 nitrogen and oxygen atoms in total. The minimum absolute atomic E-state index is 0.107. The van der Waals surface area contributed by atoms with Crippen LogP contribution in [0.15, 0.2) is 48.5 Å². The van der Waals surface area contributed by atoms with Gasteiger partial charge in [-0.15, -0.1) is 0 Å². The number of carboxylic acids is 1. The molecule has 1 amide bonds. The predicted octanol–water partition coefficient (Wildman–Crippen LogP) is 8.39. The van der Waals surface area contributed by atoms with Crippen molar-refractivity contribution >= 4 is 59.0 Å². The van der Waals surface area contributed by atoms with Gasteiger partial charge in [-0.2, -0.15) is 0 Å². The lowest BCUT2D eigenvalue weighted by Gasteiger charge is -2.35. The molecule has 1 N–H and O–H groups in total. The van der Waals surface area contributed by atoms with Crippen LogP contribution in [0.1, 0.15) is 77.3 Å². The first-order chi connectivity index (χ1) is 23.0. The highest BCUT2D eigenvalue weighted by molar-refractivity contribution is 6.67. The van der Waals surface area contributed by atoms with Crippen molar-refractivity contribution in [3.8, 4) is 11.1 Å². The number of hydrogen-bond donors (Lipinski definition) is 1. The Bertz CT molecular complexity index is 1460. The number of carbonyl (C=O) groups excluding carboxylic acids is 3. The van der Waals surface area contributed by atoms with Crippen LogP contribution in [-0.2, 0) is 28.5 Å². The topological polar surface area (TPSA) is 129 Å². The zero-order valence-electron chi connectivity index (χ0n) is 28.3. The summed E-state index contributed by atoms with van der Waals surface area (Å²) in [4.78, 5) is 52.6. The fourth-order valence-corrected chi connectivity index (χ4v) is 6.54. The first-order valence-corrected chi connectivity index (χ1v) is 17.5. The van der Waals surface area contributed by atoms with Gasteiger partial charge in [-0.25, -0.2) is 14.4 Å². The summed E-state index contributed by atoms with van der Waals surface area (Å²) in [5, 5.41) is 9.64. The summed E-state index contributed by atoms with van der Waals surface area (Å²) >= 11 is 16.9. The summed E-state index contributed by atoms with van der Waals surface area (Å²) in [5.74, 6) is -3.13. The lowest BCUT2D eigenvalue weighted by atomic mass is 9.81. The SMILES string of the molecule is C[C@@H](C[C@H](OC(=O)OCC(Cl)(Cl)Cl)[C@H](C)C(=O)O)C[C@H](OC(=O)[C@@H]1CCCN1C(=O)OCC1c2ccccc2-c2ccccc21)C(C)(C)C. The van der Waals surface area contributed by atoms with Crippen LogP contribution in [0.3, 0.4) is 0 Å². The minimum atomic E-state index is -1.86. The monoisotopic (exact) mass is 739 g/mol. The quantitative estimate of drug-likeness (QED) is 0.130. The molecule has 0 unspecified atom stereocenters. The summed E-state index contributed by atoms with van der Waals surface area (Å²) in [7, 11) is 0. The highest BCUT2D eigenvalue weighted by Crippen LogP contribution is 2.44. The van der Waals surface area contributed by atoms with Crippen molar-refractivity contribution in [2.24, 2.45) is 17.3 Å². The Morgan fingerprint density at radius 3 is 2.04 bits per heavy atom. The molecule has 2 aromatic rings. The second-order valence-corrected chi connectivity index (χ2v) is 16.5. The molecule has 0 saturated carbocycles. The van der Waals surface area contributed by atoms with E-state index in [0.29, 0.717) is 25.8 Å². The summed E-state index contributed by atoms with van der Waals surface area (Å²) in [6, 6.07) is 15.4. The number of alkyl halides is 3. The molecule has 13 heteroatoms. The van der Waals surface area contributed by atoms with E-state index in [4.69, 9.17) is 53.8 Å². The number of carbonyl (C=O) groups is 4. The van der Waals surface area contributed by atoms with Gasteiger partial charge >= 0.3 is 24.2 Å². The number of likely N-dealkylation sites (tertiary alicyclic amines) is 1. The smallest absolute Gasteiger partial charge is 0.481 e. The average molecular weight is 741 g/mol. The summed E-state index contributed by atoms with van der Waals surface area (Å²) in [6.07, 6.45) is -1.85. The number of rotatable bonds is 12. The standard InChI is InChI=1S/C36H44Cl3NO9/c1-21(17-29(22(2)31(41)42)48-34(45)47-20-36(37,38)39)18-30(35(3,4)5)49-32(43)28-15-10-16-40(28)33(44)46-19-27-25-13-8-6-11-23(25)24-12-7-9-14-26(24)27/h6-9,11-14,21-22,27-30H,10,15-20H2,1-5H3,(H,41,42)/t21-,22-,28-,29-,30-/m0/s1. The number of hydrogen-bond acceptors (Lipinski definition) is 8. The number of nitrogens with zero attached hydrogens (tertiary/aromatic N) is 1. The van der Waals surface area contributed by atoms with Gasteiger partial charge in [-0.3, -0.25) is 9.69 Å². The number of benzene rings is 2. The second-order valence-electron chi connectivity index (χ2n) is 14.0. The lowest BCUT2D eigenvalue weighted by molar-refractivity contribution is -0.161. The van der Waals surface area contributed by atoms with E-state index in [1.54, 1.807) is 0 Å². The van der Waals surface area contributed by atoms with Crippen molar-refractivity contribution in [3.05, 3.63) is 59.7 Å².